The summed E-state index contributed by atoms with van der Waals surface area (Å²) in [7, 11) is 1.65. The standard InChI is InChI=1S/C27H27FN4O.ClH/c1-17-16-19(28)12-13-22(17)29-26-30-24-20(9-7-11-23(24)33-4)25(31-26)32-15-14-18-8-5-6-10-21(18)27(32,2)3;/h5-13,16H,14-15H2,1-4H3,(H,29,30,31);1H. The van der Waals surface area contributed by atoms with E-state index in [1.54, 1.807) is 13.2 Å². The molecule has 0 radical (unpaired) electrons. The molecular weight excluding hydrogens is 451 g/mol. The maximum absolute atomic E-state index is 13.6. The highest BCUT2D eigenvalue weighted by atomic mass is 35.5. The number of aromatic nitrogens is 2. The molecule has 0 unspecified atom stereocenters. The molecule has 0 amide bonds. The molecule has 176 valence electrons. The predicted octanol–water partition coefficient (Wildman–Crippen LogP) is 6.55. The van der Waals surface area contributed by atoms with E-state index in [2.05, 4.69) is 48.3 Å². The van der Waals surface area contributed by atoms with Gasteiger partial charge in [-0.15, -0.1) is 12.4 Å². The molecule has 4 aromatic rings. The molecule has 7 heteroatoms. The smallest absolute Gasteiger partial charge is 0.229 e. The van der Waals surface area contributed by atoms with E-state index in [-0.39, 0.29) is 23.8 Å². The molecule has 3 aromatic carbocycles. The quantitative estimate of drug-likeness (QED) is 0.360. The second kappa shape index (κ2) is 9.11. The zero-order valence-electron chi connectivity index (χ0n) is 19.7. The van der Waals surface area contributed by atoms with Crippen LogP contribution in [-0.4, -0.2) is 23.6 Å². The van der Waals surface area contributed by atoms with Crippen LogP contribution in [0.4, 0.5) is 21.8 Å². The maximum atomic E-state index is 13.6. The van der Waals surface area contributed by atoms with Crippen LogP contribution >= 0.6 is 12.4 Å². The molecule has 0 bridgehead atoms. The number of ether oxygens (including phenoxy) is 1. The maximum Gasteiger partial charge on any atom is 0.229 e. The molecule has 0 saturated carbocycles. The molecule has 0 spiro atoms. The lowest BCUT2D eigenvalue weighted by atomic mass is 9.83. The van der Waals surface area contributed by atoms with Crippen molar-refractivity contribution < 1.29 is 9.13 Å². The first-order chi connectivity index (χ1) is 15.9. The van der Waals surface area contributed by atoms with Crippen molar-refractivity contribution in [3.05, 3.63) is 83.2 Å². The molecule has 5 nitrogen and oxygen atoms in total. The van der Waals surface area contributed by atoms with Crippen LogP contribution in [-0.2, 0) is 12.0 Å². The Morgan fingerprint density at radius 1 is 1.03 bits per heavy atom. The molecule has 0 aliphatic carbocycles. The van der Waals surface area contributed by atoms with E-state index in [0.717, 1.165) is 40.9 Å². The Morgan fingerprint density at radius 3 is 2.59 bits per heavy atom. The predicted molar refractivity (Wildman–Crippen MR) is 138 cm³/mol. The lowest BCUT2D eigenvalue weighted by Gasteiger charge is -2.45. The number of para-hydroxylation sites is 1. The molecule has 0 atom stereocenters. The fourth-order valence-electron chi connectivity index (χ4n) is 4.79. The van der Waals surface area contributed by atoms with Gasteiger partial charge in [0.15, 0.2) is 0 Å². The number of hydrogen-bond acceptors (Lipinski definition) is 5. The Hall–Kier alpha value is -3.38. The molecule has 1 aliphatic heterocycles. The van der Waals surface area contributed by atoms with Gasteiger partial charge in [0, 0.05) is 17.6 Å². The van der Waals surface area contributed by atoms with Crippen LogP contribution in [0.25, 0.3) is 10.9 Å². The summed E-state index contributed by atoms with van der Waals surface area (Å²) in [6.07, 6.45) is 0.939. The molecule has 1 aliphatic rings. The normalized spacial score (nSPS) is 14.3. The fourth-order valence-corrected chi connectivity index (χ4v) is 4.79. The Balaban J connectivity index is 0.00000274. The van der Waals surface area contributed by atoms with Crippen LogP contribution in [0, 0.1) is 12.7 Å². The first-order valence-electron chi connectivity index (χ1n) is 11.1. The second-order valence-electron chi connectivity index (χ2n) is 8.93. The van der Waals surface area contributed by atoms with E-state index in [1.165, 1.54) is 23.3 Å². The molecular formula is C27H28ClFN4O. The van der Waals surface area contributed by atoms with Crippen molar-refractivity contribution in [1.29, 1.82) is 0 Å². The van der Waals surface area contributed by atoms with Gasteiger partial charge in [-0.05, 0) is 74.2 Å². The summed E-state index contributed by atoms with van der Waals surface area (Å²) in [5.41, 5.74) is 4.70. The van der Waals surface area contributed by atoms with Gasteiger partial charge in [0.05, 0.1) is 12.6 Å². The molecule has 34 heavy (non-hydrogen) atoms. The van der Waals surface area contributed by atoms with E-state index in [4.69, 9.17) is 14.7 Å². The van der Waals surface area contributed by atoms with Crippen LogP contribution in [0.15, 0.2) is 60.7 Å². The van der Waals surface area contributed by atoms with Crippen molar-refractivity contribution in [1.82, 2.24) is 9.97 Å². The van der Waals surface area contributed by atoms with E-state index < -0.39 is 0 Å². The lowest BCUT2D eigenvalue weighted by Crippen LogP contribution is -2.47. The molecule has 5 rings (SSSR count). The minimum Gasteiger partial charge on any atom is -0.494 e. The van der Waals surface area contributed by atoms with Gasteiger partial charge in [-0.1, -0.05) is 30.3 Å². The van der Waals surface area contributed by atoms with Gasteiger partial charge in [-0.25, -0.2) is 9.37 Å². The third-order valence-corrected chi connectivity index (χ3v) is 6.54. The highest BCUT2D eigenvalue weighted by Gasteiger charge is 2.36. The SMILES string of the molecule is COc1cccc2c(N3CCc4ccccc4C3(C)C)nc(Nc3ccc(F)cc3C)nc12.Cl. The van der Waals surface area contributed by atoms with Gasteiger partial charge < -0.3 is 15.0 Å². The summed E-state index contributed by atoms with van der Waals surface area (Å²) < 4.78 is 19.3. The first kappa shape index (κ1) is 23.8. The molecule has 0 fully saturated rings. The molecule has 0 saturated heterocycles. The first-order valence-corrected chi connectivity index (χ1v) is 11.1. The van der Waals surface area contributed by atoms with Gasteiger partial charge in [-0.3, -0.25) is 0 Å². The Morgan fingerprint density at radius 2 is 1.82 bits per heavy atom. The van der Waals surface area contributed by atoms with Crippen molar-refractivity contribution in [2.75, 3.05) is 23.9 Å². The van der Waals surface area contributed by atoms with Crippen molar-refractivity contribution in [3.63, 3.8) is 0 Å². The van der Waals surface area contributed by atoms with Crippen LogP contribution in [0.3, 0.4) is 0 Å². The number of hydrogen-bond donors (Lipinski definition) is 1. The van der Waals surface area contributed by atoms with Crippen molar-refractivity contribution >= 4 is 40.8 Å². The Labute approximate surface area is 205 Å². The number of nitrogens with zero attached hydrogens (tertiary/aromatic N) is 3. The summed E-state index contributed by atoms with van der Waals surface area (Å²) in [5.74, 6) is 1.71. The Kier molecular flexibility index (Phi) is 6.36. The lowest BCUT2D eigenvalue weighted by molar-refractivity contribution is 0.418. The number of nitrogens with one attached hydrogen (secondary N) is 1. The van der Waals surface area contributed by atoms with Gasteiger partial charge in [0.25, 0.3) is 0 Å². The van der Waals surface area contributed by atoms with E-state index in [0.29, 0.717) is 11.7 Å². The number of fused-ring (bicyclic) bond motifs is 2. The zero-order valence-corrected chi connectivity index (χ0v) is 20.5. The van der Waals surface area contributed by atoms with Crippen molar-refractivity contribution in [2.45, 2.75) is 32.7 Å². The molecule has 1 aromatic heterocycles. The van der Waals surface area contributed by atoms with Crippen LogP contribution in [0.2, 0.25) is 0 Å². The summed E-state index contributed by atoms with van der Waals surface area (Å²) >= 11 is 0. The zero-order chi connectivity index (χ0) is 23.2. The van der Waals surface area contributed by atoms with Gasteiger partial charge in [0.2, 0.25) is 5.95 Å². The number of methoxy groups -OCH3 is 1. The number of anilines is 3. The summed E-state index contributed by atoms with van der Waals surface area (Å²) in [6, 6.07) is 19.2. The number of halogens is 2. The minimum atomic E-state index is -0.270. The number of aryl methyl sites for hydroxylation is 1. The summed E-state index contributed by atoms with van der Waals surface area (Å²) in [6.45, 7) is 7.16. The Bertz CT molecular complexity index is 1360. The highest BCUT2D eigenvalue weighted by Crippen LogP contribution is 2.41. The van der Waals surface area contributed by atoms with Crippen LogP contribution in [0.1, 0.15) is 30.5 Å². The van der Waals surface area contributed by atoms with Gasteiger partial charge >= 0.3 is 0 Å². The van der Waals surface area contributed by atoms with Crippen molar-refractivity contribution in [3.8, 4) is 5.75 Å². The summed E-state index contributed by atoms with van der Waals surface area (Å²) in [4.78, 5) is 12.1. The van der Waals surface area contributed by atoms with E-state index in [1.807, 2.05) is 25.1 Å². The molecule has 1 N–H and O–H groups in total. The van der Waals surface area contributed by atoms with E-state index in [9.17, 15) is 4.39 Å². The topological polar surface area (TPSA) is 50.3 Å². The third kappa shape index (κ3) is 4.03. The van der Waals surface area contributed by atoms with E-state index >= 15 is 0 Å². The third-order valence-electron chi connectivity index (χ3n) is 6.54. The highest BCUT2D eigenvalue weighted by molar-refractivity contribution is 5.95. The van der Waals surface area contributed by atoms with Crippen LogP contribution in [0.5, 0.6) is 5.75 Å². The van der Waals surface area contributed by atoms with Crippen LogP contribution < -0.4 is 15.0 Å². The average Bonchev–Trinajstić information content (AvgIpc) is 2.80. The van der Waals surface area contributed by atoms with Gasteiger partial charge in [0.1, 0.15) is 22.9 Å². The molecule has 2 heterocycles. The monoisotopic (exact) mass is 478 g/mol. The summed E-state index contributed by atoms with van der Waals surface area (Å²) in [5, 5.41) is 4.23. The van der Waals surface area contributed by atoms with Crippen molar-refractivity contribution in [2.24, 2.45) is 0 Å². The number of benzene rings is 3. The largest absolute Gasteiger partial charge is 0.494 e. The van der Waals surface area contributed by atoms with Gasteiger partial charge in [-0.2, -0.15) is 4.98 Å². The fraction of sp³-hybridized carbons (Fsp3) is 0.259. The average molecular weight is 479 g/mol. The minimum absolute atomic E-state index is 0. The second-order valence-corrected chi connectivity index (χ2v) is 8.93. The number of rotatable bonds is 4.